The molecule has 0 saturated heterocycles. The lowest BCUT2D eigenvalue weighted by atomic mass is 10.0. The lowest BCUT2D eigenvalue weighted by molar-refractivity contribution is 0.0938. The summed E-state index contributed by atoms with van der Waals surface area (Å²) in [4.78, 5) is 21.4. The summed E-state index contributed by atoms with van der Waals surface area (Å²) in [5.41, 5.74) is 4.22. The predicted octanol–water partition coefficient (Wildman–Crippen LogP) is 2.90. The monoisotopic (exact) mass is 335 g/mol. The SMILES string of the molecule is Cc1nc(C)c(C(=O)N[C@@H](C)c2ccccc2)cc1Cc1ncn[nH]1. The van der Waals surface area contributed by atoms with Crippen LogP contribution in [0.15, 0.2) is 42.7 Å². The Bertz CT molecular complexity index is 859. The summed E-state index contributed by atoms with van der Waals surface area (Å²) >= 11 is 0. The zero-order valence-corrected chi connectivity index (χ0v) is 14.6. The van der Waals surface area contributed by atoms with Crippen LogP contribution in [0.25, 0.3) is 0 Å². The van der Waals surface area contributed by atoms with E-state index in [1.165, 1.54) is 6.33 Å². The first-order chi connectivity index (χ1) is 12.0. The van der Waals surface area contributed by atoms with Gasteiger partial charge in [0.1, 0.15) is 12.2 Å². The third kappa shape index (κ3) is 3.91. The molecule has 6 heteroatoms. The predicted molar refractivity (Wildman–Crippen MR) is 95.2 cm³/mol. The van der Waals surface area contributed by atoms with Crippen LogP contribution < -0.4 is 5.32 Å². The highest BCUT2D eigenvalue weighted by Gasteiger charge is 2.16. The molecule has 0 aliphatic rings. The summed E-state index contributed by atoms with van der Waals surface area (Å²) in [7, 11) is 0. The van der Waals surface area contributed by atoms with Crippen LogP contribution in [-0.4, -0.2) is 26.1 Å². The van der Waals surface area contributed by atoms with Gasteiger partial charge in [0.05, 0.1) is 17.3 Å². The Morgan fingerprint density at radius 3 is 2.64 bits per heavy atom. The molecule has 2 heterocycles. The van der Waals surface area contributed by atoms with Crippen LogP contribution in [0.1, 0.15) is 51.7 Å². The summed E-state index contributed by atoms with van der Waals surface area (Å²) < 4.78 is 0. The van der Waals surface area contributed by atoms with Gasteiger partial charge >= 0.3 is 0 Å². The Morgan fingerprint density at radius 1 is 1.20 bits per heavy atom. The summed E-state index contributed by atoms with van der Waals surface area (Å²) in [5.74, 6) is 0.623. The fourth-order valence-electron chi connectivity index (χ4n) is 2.77. The van der Waals surface area contributed by atoms with Gasteiger partial charge in [0.2, 0.25) is 0 Å². The number of nitrogens with zero attached hydrogens (tertiary/aromatic N) is 3. The molecule has 1 atom stereocenters. The van der Waals surface area contributed by atoms with E-state index in [9.17, 15) is 4.79 Å². The summed E-state index contributed by atoms with van der Waals surface area (Å²) in [6.07, 6.45) is 2.04. The van der Waals surface area contributed by atoms with Crippen LogP contribution in [-0.2, 0) is 6.42 Å². The van der Waals surface area contributed by atoms with E-state index in [0.29, 0.717) is 12.0 Å². The number of amides is 1. The van der Waals surface area contributed by atoms with Crippen LogP contribution in [0.5, 0.6) is 0 Å². The third-order valence-corrected chi connectivity index (χ3v) is 4.22. The maximum absolute atomic E-state index is 12.7. The van der Waals surface area contributed by atoms with Crippen molar-refractivity contribution in [1.82, 2.24) is 25.5 Å². The molecule has 0 spiro atoms. The lowest BCUT2D eigenvalue weighted by Crippen LogP contribution is -2.27. The molecule has 2 N–H and O–H groups in total. The highest BCUT2D eigenvalue weighted by Crippen LogP contribution is 2.17. The standard InChI is InChI=1S/C19H21N5O/c1-12(15-7-5-4-6-8-15)23-19(25)17-9-16(13(2)22-14(17)3)10-18-20-11-21-24-18/h4-9,11-12H,10H2,1-3H3,(H,23,25)(H,20,21,24)/t12-/m0/s1. The van der Waals surface area contributed by atoms with Crippen LogP contribution >= 0.6 is 0 Å². The number of pyridine rings is 1. The van der Waals surface area contributed by atoms with E-state index in [1.54, 1.807) is 0 Å². The van der Waals surface area contributed by atoms with E-state index in [2.05, 4.69) is 25.5 Å². The van der Waals surface area contributed by atoms with Gasteiger partial charge in [-0.25, -0.2) is 4.98 Å². The number of aryl methyl sites for hydroxylation is 2. The van der Waals surface area contributed by atoms with E-state index in [1.807, 2.05) is 57.2 Å². The maximum atomic E-state index is 12.7. The Kier molecular flexibility index (Phi) is 4.88. The van der Waals surface area contributed by atoms with Gasteiger partial charge in [-0.05, 0) is 38.0 Å². The molecule has 0 radical (unpaired) electrons. The van der Waals surface area contributed by atoms with E-state index >= 15 is 0 Å². The molecule has 3 aromatic rings. The number of hydrogen-bond donors (Lipinski definition) is 2. The first-order valence-electron chi connectivity index (χ1n) is 8.21. The molecule has 0 unspecified atom stereocenters. The number of rotatable bonds is 5. The van der Waals surface area contributed by atoms with Crippen molar-refractivity contribution >= 4 is 5.91 Å². The Labute approximate surface area is 146 Å². The van der Waals surface area contributed by atoms with Gasteiger partial charge in [0.15, 0.2) is 0 Å². The quantitative estimate of drug-likeness (QED) is 0.751. The molecule has 0 aliphatic heterocycles. The highest BCUT2D eigenvalue weighted by molar-refractivity contribution is 5.95. The molecule has 2 aromatic heterocycles. The molecule has 25 heavy (non-hydrogen) atoms. The molecular weight excluding hydrogens is 314 g/mol. The zero-order valence-electron chi connectivity index (χ0n) is 14.6. The van der Waals surface area contributed by atoms with Gasteiger partial charge in [-0.15, -0.1) is 0 Å². The molecule has 0 aliphatic carbocycles. The van der Waals surface area contributed by atoms with Gasteiger partial charge in [-0.2, -0.15) is 5.10 Å². The van der Waals surface area contributed by atoms with Crippen molar-refractivity contribution in [2.75, 3.05) is 0 Å². The van der Waals surface area contributed by atoms with Crippen molar-refractivity contribution in [1.29, 1.82) is 0 Å². The van der Waals surface area contributed by atoms with Gasteiger partial charge in [0.25, 0.3) is 5.91 Å². The number of aromatic nitrogens is 4. The minimum Gasteiger partial charge on any atom is -0.345 e. The number of aromatic amines is 1. The second-order valence-electron chi connectivity index (χ2n) is 6.08. The van der Waals surface area contributed by atoms with Crippen molar-refractivity contribution in [3.8, 4) is 0 Å². The number of H-pyrrole nitrogens is 1. The van der Waals surface area contributed by atoms with E-state index in [4.69, 9.17) is 0 Å². The molecule has 1 amide bonds. The molecule has 6 nitrogen and oxygen atoms in total. The van der Waals surface area contributed by atoms with E-state index in [-0.39, 0.29) is 11.9 Å². The normalized spacial score (nSPS) is 12.0. The number of nitrogens with one attached hydrogen (secondary N) is 2. The third-order valence-electron chi connectivity index (χ3n) is 4.22. The van der Waals surface area contributed by atoms with Crippen LogP contribution in [0.3, 0.4) is 0 Å². The van der Waals surface area contributed by atoms with Crippen LogP contribution in [0.4, 0.5) is 0 Å². The van der Waals surface area contributed by atoms with Crippen molar-refractivity contribution in [2.24, 2.45) is 0 Å². The number of carbonyl (C=O) groups is 1. The summed E-state index contributed by atoms with van der Waals surface area (Å²) in [5, 5.41) is 9.74. The van der Waals surface area contributed by atoms with Crippen molar-refractivity contribution in [3.05, 3.63) is 76.6 Å². The van der Waals surface area contributed by atoms with Gasteiger partial charge in [-0.3, -0.25) is 14.9 Å². The van der Waals surface area contributed by atoms with E-state index < -0.39 is 0 Å². The Balaban J connectivity index is 1.82. The first kappa shape index (κ1) is 16.8. The van der Waals surface area contributed by atoms with Crippen molar-refractivity contribution < 1.29 is 4.79 Å². The van der Waals surface area contributed by atoms with Gasteiger partial charge in [0, 0.05) is 12.1 Å². The van der Waals surface area contributed by atoms with Crippen LogP contribution in [0.2, 0.25) is 0 Å². The van der Waals surface area contributed by atoms with Crippen LogP contribution in [0, 0.1) is 13.8 Å². The molecule has 0 saturated carbocycles. The maximum Gasteiger partial charge on any atom is 0.253 e. The number of carbonyl (C=O) groups excluding carboxylic acids is 1. The van der Waals surface area contributed by atoms with Crippen molar-refractivity contribution in [2.45, 2.75) is 33.2 Å². The minimum atomic E-state index is -0.125. The molecule has 1 aromatic carbocycles. The fourth-order valence-corrected chi connectivity index (χ4v) is 2.77. The van der Waals surface area contributed by atoms with E-state index in [0.717, 1.165) is 28.3 Å². The lowest BCUT2D eigenvalue weighted by Gasteiger charge is -2.16. The average Bonchev–Trinajstić information content (AvgIpc) is 3.11. The first-order valence-corrected chi connectivity index (χ1v) is 8.21. The molecule has 3 rings (SSSR count). The molecule has 0 bridgehead atoms. The van der Waals surface area contributed by atoms with Gasteiger partial charge in [-0.1, -0.05) is 30.3 Å². The Hall–Kier alpha value is -3.02. The second-order valence-corrected chi connectivity index (χ2v) is 6.08. The largest absolute Gasteiger partial charge is 0.345 e. The Morgan fingerprint density at radius 2 is 1.96 bits per heavy atom. The smallest absolute Gasteiger partial charge is 0.253 e. The molecular formula is C19H21N5O. The minimum absolute atomic E-state index is 0.0767. The topological polar surface area (TPSA) is 83.6 Å². The fraction of sp³-hybridized carbons (Fsp3) is 0.263. The second kappa shape index (κ2) is 7.25. The highest BCUT2D eigenvalue weighted by atomic mass is 16.1. The van der Waals surface area contributed by atoms with Crippen molar-refractivity contribution in [3.63, 3.8) is 0 Å². The molecule has 128 valence electrons. The summed E-state index contributed by atoms with van der Waals surface area (Å²) in [6.45, 7) is 5.76. The zero-order chi connectivity index (χ0) is 17.8. The number of hydrogen-bond acceptors (Lipinski definition) is 4. The van der Waals surface area contributed by atoms with Gasteiger partial charge < -0.3 is 5.32 Å². The average molecular weight is 335 g/mol. The molecule has 0 fully saturated rings. The number of benzene rings is 1. The summed E-state index contributed by atoms with van der Waals surface area (Å²) in [6, 6.07) is 11.7.